The highest BCUT2D eigenvalue weighted by molar-refractivity contribution is 7.03. The van der Waals surface area contributed by atoms with Gasteiger partial charge in [0.25, 0.3) is 5.91 Å². The summed E-state index contributed by atoms with van der Waals surface area (Å²) in [5.74, 6) is 0.0113. The molecule has 0 saturated carbocycles. The molecule has 1 saturated heterocycles. The monoisotopic (exact) mass is 301 g/mol. The third-order valence-electron chi connectivity index (χ3n) is 4.02. The van der Waals surface area contributed by atoms with E-state index in [1.165, 1.54) is 29.1 Å². The van der Waals surface area contributed by atoms with Crippen molar-refractivity contribution >= 4 is 17.4 Å². The zero-order chi connectivity index (χ0) is 14.7. The van der Waals surface area contributed by atoms with Gasteiger partial charge in [-0.05, 0) is 36.9 Å². The van der Waals surface area contributed by atoms with Crippen LogP contribution in [0.5, 0.6) is 0 Å². The van der Waals surface area contributed by atoms with Crippen LogP contribution in [-0.4, -0.2) is 26.9 Å². The van der Waals surface area contributed by atoms with Crippen LogP contribution in [0, 0.1) is 6.92 Å². The first-order valence-electron chi connectivity index (χ1n) is 7.40. The third kappa shape index (κ3) is 3.13. The van der Waals surface area contributed by atoms with Gasteiger partial charge in [-0.2, -0.15) is 0 Å². The Kier molecular flexibility index (Phi) is 4.29. The van der Waals surface area contributed by atoms with Gasteiger partial charge in [0, 0.05) is 11.9 Å². The van der Waals surface area contributed by atoms with Gasteiger partial charge in [0.05, 0.1) is 6.04 Å². The largest absolute Gasteiger partial charge is 0.330 e. The summed E-state index contributed by atoms with van der Waals surface area (Å²) in [4.78, 5) is 14.7. The number of hydrogen-bond donors (Lipinski definition) is 0. The summed E-state index contributed by atoms with van der Waals surface area (Å²) in [6, 6.07) is 8.64. The number of nitrogens with zero attached hydrogens (tertiary/aromatic N) is 3. The van der Waals surface area contributed by atoms with E-state index < -0.39 is 0 Å². The molecule has 0 spiro atoms. The lowest BCUT2D eigenvalue weighted by atomic mass is 9.99. The molecule has 21 heavy (non-hydrogen) atoms. The van der Waals surface area contributed by atoms with E-state index in [0.29, 0.717) is 5.69 Å². The molecule has 0 unspecified atom stereocenters. The van der Waals surface area contributed by atoms with Gasteiger partial charge >= 0.3 is 0 Å². The van der Waals surface area contributed by atoms with Crippen LogP contribution in [0.3, 0.4) is 0 Å². The van der Waals surface area contributed by atoms with Gasteiger partial charge in [0.15, 0.2) is 5.69 Å². The number of amides is 1. The molecule has 4 nitrogen and oxygen atoms in total. The van der Waals surface area contributed by atoms with Crippen molar-refractivity contribution in [3.8, 4) is 0 Å². The van der Waals surface area contributed by atoms with Gasteiger partial charge in [-0.25, -0.2) is 0 Å². The third-order valence-corrected chi connectivity index (χ3v) is 4.52. The van der Waals surface area contributed by atoms with E-state index >= 15 is 0 Å². The van der Waals surface area contributed by atoms with Crippen LogP contribution < -0.4 is 0 Å². The highest BCUT2D eigenvalue weighted by atomic mass is 32.1. The van der Waals surface area contributed by atoms with Crippen molar-refractivity contribution in [1.82, 2.24) is 14.5 Å². The molecule has 5 heteroatoms. The summed E-state index contributed by atoms with van der Waals surface area (Å²) < 4.78 is 3.82. The van der Waals surface area contributed by atoms with Crippen LogP contribution in [0.15, 0.2) is 29.6 Å². The predicted molar refractivity (Wildman–Crippen MR) is 83.3 cm³/mol. The quantitative estimate of drug-likeness (QED) is 0.851. The van der Waals surface area contributed by atoms with Gasteiger partial charge in [-0.1, -0.05) is 47.2 Å². The maximum Gasteiger partial charge on any atom is 0.275 e. The fraction of sp³-hybridized carbons (Fsp3) is 0.438. The molecule has 2 heterocycles. The average molecular weight is 301 g/mol. The maximum atomic E-state index is 12.7. The second-order valence-electron chi connectivity index (χ2n) is 5.57. The molecule has 0 N–H and O–H groups in total. The number of rotatable bonds is 2. The first-order valence-corrected chi connectivity index (χ1v) is 8.24. The molecule has 1 aliphatic rings. The van der Waals surface area contributed by atoms with Crippen LogP contribution in [0.1, 0.15) is 53.3 Å². The molecule has 1 aromatic carbocycles. The lowest BCUT2D eigenvalue weighted by Gasteiger charge is -2.30. The minimum absolute atomic E-state index is 0.0113. The van der Waals surface area contributed by atoms with Gasteiger partial charge in [-0.15, -0.1) is 5.10 Å². The summed E-state index contributed by atoms with van der Waals surface area (Å²) >= 11 is 1.23. The number of aromatic nitrogens is 2. The van der Waals surface area contributed by atoms with Crippen molar-refractivity contribution in [2.75, 3.05) is 6.54 Å². The summed E-state index contributed by atoms with van der Waals surface area (Å²) in [5, 5.41) is 5.68. The number of carbonyl (C=O) groups excluding carboxylic acids is 1. The minimum atomic E-state index is 0.0113. The number of carbonyl (C=O) groups is 1. The second kappa shape index (κ2) is 6.35. The van der Waals surface area contributed by atoms with Gasteiger partial charge < -0.3 is 4.90 Å². The Morgan fingerprint density at radius 3 is 3.00 bits per heavy atom. The Hall–Kier alpha value is -1.75. The van der Waals surface area contributed by atoms with Crippen molar-refractivity contribution in [3.05, 3.63) is 46.5 Å². The molecule has 1 amide bonds. The van der Waals surface area contributed by atoms with Crippen molar-refractivity contribution in [2.24, 2.45) is 0 Å². The standard InChI is InChI=1S/C16H19N3OS/c1-12-6-5-7-13(10-12)15-8-3-2-4-9-19(15)16(20)14-11-21-18-17-14/h5-7,10-11,15H,2-4,8-9H2,1H3/t15-/m0/s1. The van der Waals surface area contributed by atoms with E-state index in [1.807, 2.05) is 4.90 Å². The Morgan fingerprint density at radius 2 is 2.24 bits per heavy atom. The van der Waals surface area contributed by atoms with Crippen LogP contribution in [-0.2, 0) is 0 Å². The lowest BCUT2D eigenvalue weighted by Crippen LogP contribution is -2.35. The fourth-order valence-corrected chi connectivity index (χ4v) is 3.41. The molecular weight excluding hydrogens is 282 g/mol. The predicted octanol–water partition coefficient (Wildman–Crippen LogP) is 3.60. The average Bonchev–Trinajstić information content (AvgIpc) is 2.91. The number of hydrogen-bond acceptors (Lipinski definition) is 4. The summed E-state index contributed by atoms with van der Waals surface area (Å²) in [5.41, 5.74) is 2.94. The maximum absolute atomic E-state index is 12.7. The highest BCUT2D eigenvalue weighted by Crippen LogP contribution is 2.31. The van der Waals surface area contributed by atoms with Gasteiger partial charge in [0.2, 0.25) is 0 Å². The minimum Gasteiger partial charge on any atom is -0.330 e. The second-order valence-corrected chi connectivity index (χ2v) is 6.18. The van der Waals surface area contributed by atoms with E-state index in [4.69, 9.17) is 0 Å². The van der Waals surface area contributed by atoms with Gasteiger partial charge in [-0.3, -0.25) is 4.79 Å². The zero-order valence-corrected chi connectivity index (χ0v) is 13.0. The normalized spacial score (nSPS) is 19.3. The summed E-state index contributed by atoms with van der Waals surface area (Å²) in [6.07, 6.45) is 4.43. The molecule has 1 atom stereocenters. The molecule has 1 fully saturated rings. The number of aryl methyl sites for hydroxylation is 1. The van der Waals surface area contributed by atoms with Gasteiger partial charge in [0.1, 0.15) is 0 Å². The molecular formula is C16H19N3OS. The van der Waals surface area contributed by atoms with Crippen molar-refractivity contribution in [3.63, 3.8) is 0 Å². The lowest BCUT2D eigenvalue weighted by molar-refractivity contribution is 0.0674. The first kappa shape index (κ1) is 14.2. The first-order chi connectivity index (χ1) is 10.3. The Morgan fingerprint density at radius 1 is 1.33 bits per heavy atom. The van der Waals surface area contributed by atoms with E-state index in [0.717, 1.165) is 25.8 Å². The van der Waals surface area contributed by atoms with E-state index in [9.17, 15) is 4.79 Å². The topological polar surface area (TPSA) is 46.1 Å². The van der Waals surface area contributed by atoms with Crippen molar-refractivity contribution in [1.29, 1.82) is 0 Å². The molecule has 0 aliphatic carbocycles. The fourth-order valence-electron chi connectivity index (χ4n) is 2.98. The SMILES string of the molecule is Cc1cccc([C@@H]2CCCCCN2C(=O)c2csnn2)c1. The molecule has 2 aromatic rings. The zero-order valence-electron chi connectivity index (χ0n) is 12.2. The Labute approximate surface area is 129 Å². The van der Waals surface area contributed by atoms with E-state index in [1.54, 1.807) is 5.38 Å². The summed E-state index contributed by atoms with van der Waals surface area (Å²) in [7, 11) is 0. The number of likely N-dealkylation sites (tertiary alicyclic amines) is 1. The molecule has 110 valence electrons. The highest BCUT2D eigenvalue weighted by Gasteiger charge is 2.28. The van der Waals surface area contributed by atoms with E-state index in [-0.39, 0.29) is 11.9 Å². The van der Waals surface area contributed by atoms with Crippen LogP contribution in [0.4, 0.5) is 0 Å². The Balaban J connectivity index is 1.92. The van der Waals surface area contributed by atoms with Crippen LogP contribution >= 0.6 is 11.5 Å². The summed E-state index contributed by atoms with van der Waals surface area (Å²) in [6.45, 7) is 2.89. The number of benzene rings is 1. The molecule has 0 radical (unpaired) electrons. The smallest absolute Gasteiger partial charge is 0.275 e. The van der Waals surface area contributed by atoms with Crippen LogP contribution in [0.25, 0.3) is 0 Å². The van der Waals surface area contributed by atoms with Crippen LogP contribution in [0.2, 0.25) is 0 Å². The molecule has 0 bridgehead atoms. The Bertz CT molecular complexity index is 612. The molecule has 1 aliphatic heterocycles. The van der Waals surface area contributed by atoms with Crippen molar-refractivity contribution in [2.45, 2.75) is 38.6 Å². The molecule has 1 aromatic heterocycles. The van der Waals surface area contributed by atoms with E-state index in [2.05, 4.69) is 40.8 Å². The van der Waals surface area contributed by atoms with Crippen molar-refractivity contribution < 1.29 is 4.79 Å². The molecule has 3 rings (SSSR count).